The first-order valence-electron chi connectivity index (χ1n) is 10.9. The Labute approximate surface area is 191 Å². The number of benzene rings is 3. The Bertz CT molecular complexity index is 1130. The van der Waals surface area contributed by atoms with Gasteiger partial charge in [-0.25, -0.2) is 13.6 Å². The fourth-order valence-electron chi connectivity index (χ4n) is 4.18. The predicted octanol–water partition coefficient (Wildman–Crippen LogP) is 5.81. The molecule has 0 N–H and O–H groups in total. The van der Waals surface area contributed by atoms with Gasteiger partial charge in [0.25, 0.3) is 0 Å². The van der Waals surface area contributed by atoms with Crippen LogP contribution >= 0.6 is 0 Å². The van der Waals surface area contributed by atoms with Gasteiger partial charge in [0.1, 0.15) is 11.6 Å². The first-order chi connectivity index (χ1) is 15.9. The third kappa shape index (κ3) is 4.25. The summed E-state index contributed by atoms with van der Waals surface area (Å²) in [6.07, 6.45) is -0.0275. The summed E-state index contributed by atoms with van der Waals surface area (Å²) in [6.45, 7) is 2.99. The zero-order valence-electron chi connectivity index (χ0n) is 18.4. The molecule has 6 heteroatoms. The molecule has 3 aromatic rings. The first kappa shape index (κ1) is 22.6. The minimum absolute atomic E-state index is 0.0390. The van der Waals surface area contributed by atoms with Crippen molar-refractivity contribution in [1.29, 1.82) is 0 Å². The zero-order valence-corrected chi connectivity index (χ0v) is 18.4. The number of ether oxygens (including phenoxy) is 2. The third-order valence-electron chi connectivity index (χ3n) is 5.99. The second kappa shape index (κ2) is 9.14. The van der Waals surface area contributed by atoms with Gasteiger partial charge in [-0.05, 0) is 49.4 Å². The summed E-state index contributed by atoms with van der Waals surface area (Å²) in [5, 5.41) is 0. The van der Waals surface area contributed by atoms with Crippen LogP contribution in [0.3, 0.4) is 0 Å². The molecule has 1 aliphatic rings. The molecule has 0 saturated heterocycles. The highest BCUT2D eigenvalue weighted by Gasteiger charge is 2.56. The number of carbonyl (C=O) groups is 2. The van der Waals surface area contributed by atoms with Crippen LogP contribution in [0.5, 0.6) is 0 Å². The number of carbonyl (C=O) groups excluding carboxylic acids is 2. The topological polar surface area (TPSA) is 52.6 Å². The number of esters is 2. The molecule has 0 radical (unpaired) electrons. The highest BCUT2D eigenvalue weighted by molar-refractivity contribution is 5.92. The SMILES string of the molecule is CCOC(=O)c1cc(F)c(C2(C(=O)OC(c3ccccc3)c3ccccc3)CC2)c(C)c1F. The van der Waals surface area contributed by atoms with Crippen molar-refractivity contribution in [3.05, 3.63) is 106 Å². The van der Waals surface area contributed by atoms with Crippen LogP contribution in [-0.4, -0.2) is 18.5 Å². The predicted molar refractivity (Wildman–Crippen MR) is 119 cm³/mol. The summed E-state index contributed by atoms with van der Waals surface area (Å²) in [5.41, 5.74) is -0.361. The average molecular weight is 450 g/mol. The minimum atomic E-state index is -1.29. The van der Waals surface area contributed by atoms with Gasteiger partial charge >= 0.3 is 11.9 Å². The van der Waals surface area contributed by atoms with Crippen molar-refractivity contribution in [3.63, 3.8) is 0 Å². The molecule has 0 spiro atoms. The van der Waals surface area contributed by atoms with E-state index in [1.165, 1.54) is 6.92 Å². The van der Waals surface area contributed by atoms with Gasteiger partial charge in [0, 0.05) is 5.56 Å². The van der Waals surface area contributed by atoms with E-state index < -0.39 is 40.7 Å². The zero-order chi connectivity index (χ0) is 23.6. The molecule has 1 aliphatic carbocycles. The largest absolute Gasteiger partial charge is 0.462 e. The maximum atomic E-state index is 15.2. The Hall–Kier alpha value is -3.54. The van der Waals surface area contributed by atoms with Crippen LogP contribution in [0.25, 0.3) is 0 Å². The van der Waals surface area contributed by atoms with E-state index in [1.54, 1.807) is 6.92 Å². The van der Waals surface area contributed by atoms with Gasteiger partial charge in [0.2, 0.25) is 0 Å². The summed E-state index contributed by atoms with van der Waals surface area (Å²) in [6, 6.07) is 19.3. The van der Waals surface area contributed by atoms with E-state index in [0.29, 0.717) is 12.8 Å². The van der Waals surface area contributed by atoms with Crippen LogP contribution in [0, 0.1) is 18.6 Å². The second-order valence-electron chi connectivity index (χ2n) is 8.13. The van der Waals surface area contributed by atoms with Gasteiger partial charge < -0.3 is 9.47 Å². The third-order valence-corrected chi connectivity index (χ3v) is 5.99. The molecule has 33 heavy (non-hydrogen) atoms. The molecule has 0 heterocycles. The molecule has 4 nitrogen and oxygen atoms in total. The van der Waals surface area contributed by atoms with E-state index in [0.717, 1.165) is 17.2 Å². The molecular weight excluding hydrogens is 426 g/mol. The fraction of sp³-hybridized carbons (Fsp3) is 0.259. The van der Waals surface area contributed by atoms with Crippen LogP contribution in [-0.2, 0) is 19.7 Å². The lowest BCUT2D eigenvalue weighted by atomic mass is 9.89. The van der Waals surface area contributed by atoms with Crippen LogP contribution < -0.4 is 0 Å². The number of rotatable bonds is 7. The van der Waals surface area contributed by atoms with E-state index >= 15 is 8.78 Å². The highest BCUT2D eigenvalue weighted by Crippen LogP contribution is 2.52. The Morgan fingerprint density at radius 3 is 2.00 bits per heavy atom. The molecular formula is C27H24F2O4. The summed E-state index contributed by atoms with van der Waals surface area (Å²) in [4.78, 5) is 25.4. The van der Waals surface area contributed by atoms with E-state index in [2.05, 4.69) is 0 Å². The average Bonchev–Trinajstić information content (AvgIpc) is 3.63. The van der Waals surface area contributed by atoms with Crippen molar-refractivity contribution in [2.75, 3.05) is 6.61 Å². The lowest BCUT2D eigenvalue weighted by Gasteiger charge is -2.24. The number of halogens is 2. The lowest BCUT2D eigenvalue weighted by molar-refractivity contribution is -0.150. The first-order valence-corrected chi connectivity index (χ1v) is 10.9. The van der Waals surface area contributed by atoms with E-state index in [4.69, 9.17) is 9.47 Å². The smallest absolute Gasteiger partial charge is 0.341 e. The van der Waals surface area contributed by atoms with Gasteiger partial charge in [-0.2, -0.15) is 0 Å². The number of hydrogen-bond donors (Lipinski definition) is 0. The van der Waals surface area contributed by atoms with Crippen LogP contribution in [0.15, 0.2) is 66.7 Å². The van der Waals surface area contributed by atoms with E-state index in [9.17, 15) is 9.59 Å². The molecule has 1 fully saturated rings. The van der Waals surface area contributed by atoms with Crippen LogP contribution in [0.4, 0.5) is 8.78 Å². The minimum Gasteiger partial charge on any atom is -0.462 e. The Morgan fingerprint density at radius 1 is 0.970 bits per heavy atom. The Morgan fingerprint density at radius 2 is 1.52 bits per heavy atom. The summed E-state index contributed by atoms with van der Waals surface area (Å²) in [7, 11) is 0. The molecule has 3 aromatic carbocycles. The monoisotopic (exact) mass is 450 g/mol. The normalized spacial score (nSPS) is 14.1. The van der Waals surface area contributed by atoms with Crippen molar-refractivity contribution in [2.24, 2.45) is 0 Å². The second-order valence-corrected chi connectivity index (χ2v) is 8.13. The molecule has 0 amide bonds. The molecule has 170 valence electrons. The van der Waals surface area contributed by atoms with E-state index in [-0.39, 0.29) is 17.7 Å². The number of hydrogen-bond acceptors (Lipinski definition) is 4. The van der Waals surface area contributed by atoms with Gasteiger partial charge in [-0.15, -0.1) is 0 Å². The summed E-state index contributed by atoms with van der Waals surface area (Å²) in [5.74, 6) is -3.26. The van der Waals surface area contributed by atoms with Crippen molar-refractivity contribution in [3.8, 4) is 0 Å². The van der Waals surface area contributed by atoms with Crippen molar-refractivity contribution < 1.29 is 27.8 Å². The fourth-order valence-corrected chi connectivity index (χ4v) is 4.18. The van der Waals surface area contributed by atoms with Gasteiger partial charge in [0.15, 0.2) is 6.10 Å². The van der Waals surface area contributed by atoms with Gasteiger partial charge in [0.05, 0.1) is 17.6 Å². The maximum absolute atomic E-state index is 15.2. The molecule has 0 unspecified atom stereocenters. The standard InChI is InChI=1S/C27H24F2O4/c1-3-32-25(30)20-16-21(28)22(17(2)23(20)29)27(14-15-27)26(31)33-24(18-10-6-4-7-11-18)19-12-8-5-9-13-19/h4-13,16,24H,3,14-15H2,1-2H3. The van der Waals surface area contributed by atoms with Gasteiger partial charge in [-0.1, -0.05) is 60.7 Å². The lowest BCUT2D eigenvalue weighted by Crippen LogP contribution is -2.28. The molecule has 0 atom stereocenters. The summed E-state index contributed by atoms with van der Waals surface area (Å²) >= 11 is 0. The molecule has 1 saturated carbocycles. The van der Waals surface area contributed by atoms with Crippen molar-refractivity contribution in [1.82, 2.24) is 0 Å². The molecule has 0 bridgehead atoms. The van der Waals surface area contributed by atoms with Crippen molar-refractivity contribution >= 4 is 11.9 Å². The maximum Gasteiger partial charge on any atom is 0.341 e. The Kier molecular flexibility index (Phi) is 6.27. The van der Waals surface area contributed by atoms with Gasteiger partial charge in [-0.3, -0.25) is 4.79 Å². The highest BCUT2D eigenvalue weighted by atomic mass is 19.1. The molecule has 0 aromatic heterocycles. The van der Waals surface area contributed by atoms with Crippen LogP contribution in [0.2, 0.25) is 0 Å². The van der Waals surface area contributed by atoms with Crippen molar-refractivity contribution in [2.45, 2.75) is 38.2 Å². The molecule has 4 rings (SSSR count). The summed E-state index contributed by atoms with van der Waals surface area (Å²) < 4.78 is 41.0. The molecule has 0 aliphatic heterocycles. The van der Waals surface area contributed by atoms with Crippen LogP contribution in [0.1, 0.15) is 58.5 Å². The van der Waals surface area contributed by atoms with E-state index in [1.807, 2.05) is 60.7 Å². The quantitative estimate of drug-likeness (QED) is 0.426. The Balaban J connectivity index is 1.70.